The van der Waals surface area contributed by atoms with Crippen molar-refractivity contribution in [1.29, 1.82) is 0 Å². The average Bonchev–Trinajstić information content (AvgIpc) is 2.61. The van der Waals surface area contributed by atoms with Crippen molar-refractivity contribution in [2.45, 2.75) is 44.8 Å². The summed E-state index contributed by atoms with van der Waals surface area (Å²) in [5.41, 5.74) is -0.469. The predicted octanol–water partition coefficient (Wildman–Crippen LogP) is 4.68. The zero-order valence-corrected chi connectivity index (χ0v) is 16.5. The summed E-state index contributed by atoms with van der Waals surface area (Å²) in [5.74, 6) is -1.11. The van der Waals surface area contributed by atoms with Gasteiger partial charge in [0, 0.05) is 6.42 Å². The third-order valence-electron chi connectivity index (χ3n) is 4.07. The molecular formula is C23H27NO4. The maximum Gasteiger partial charge on any atom is 0.408 e. The number of carboxylic acid groups (broad SMARTS) is 1. The molecule has 2 aromatic rings. The van der Waals surface area contributed by atoms with Crippen molar-refractivity contribution in [3.8, 4) is 0 Å². The first-order valence-electron chi connectivity index (χ1n) is 9.20. The van der Waals surface area contributed by atoms with Gasteiger partial charge >= 0.3 is 12.1 Å². The molecule has 1 amide bonds. The van der Waals surface area contributed by atoms with Crippen LogP contribution in [0, 0.1) is 0 Å². The maximum absolute atomic E-state index is 12.4. The van der Waals surface area contributed by atoms with E-state index in [1.807, 2.05) is 66.7 Å². The van der Waals surface area contributed by atoms with Gasteiger partial charge in [0.1, 0.15) is 11.1 Å². The molecule has 0 spiro atoms. The first kappa shape index (κ1) is 21.2. The van der Waals surface area contributed by atoms with Crippen LogP contribution in [-0.2, 0) is 16.0 Å². The number of carbonyl (C=O) groups excluding carboxylic acids is 1. The maximum atomic E-state index is 12.4. The van der Waals surface area contributed by atoms with Gasteiger partial charge in [-0.15, -0.1) is 0 Å². The number of hydrogen-bond acceptors (Lipinski definition) is 3. The van der Waals surface area contributed by atoms with E-state index in [1.165, 1.54) is 0 Å². The van der Waals surface area contributed by atoms with Gasteiger partial charge in [0.15, 0.2) is 0 Å². The molecular weight excluding hydrogens is 354 g/mol. The molecule has 0 radical (unpaired) electrons. The molecule has 0 saturated heterocycles. The number of carboxylic acids is 1. The molecule has 28 heavy (non-hydrogen) atoms. The Bertz CT molecular complexity index is 810. The fourth-order valence-electron chi connectivity index (χ4n) is 2.79. The Labute approximate surface area is 166 Å². The Morgan fingerprint density at radius 1 is 1.00 bits per heavy atom. The highest BCUT2D eigenvalue weighted by molar-refractivity contribution is 5.85. The molecule has 148 valence electrons. The number of aliphatic carboxylic acids is 1. The Hall–Kier alpha value is -3.08. The van der Waals surface area contributed by atoms with Crippen molar-refractivity contribution in [3.05, 3.63) is 77.9 Å². The number of nitrogens with one attached hydrogen (secondary N) is 1. The van der Waals surface area contributed by atoms with Crippen LogP contribution in [0.3, 0.4) is 0 Å². The van der Waals surface area contributed by atoms with Crippen LogP contribution in [-0.4, -0.2) is 28.3 Å². The molecule has 2 aromatic carbocycles. The van der Waals surface area contributed by atoms with Crippen LogP contribution in [0.1, 0.15) is 38.3 Å². The molecule has 1 unspecified atom stereocenters. The van der Waals surface area contributed by atoms with Gasteiger partial charge < -0.3 is 15.2 Å². The predicted molar refractivity (Wildman–Crippen MR) is 110 cm³/mol. The zero-order chi connectivity index (χ0) is 20.6. The van der Waals surface area contributed by atoms with Gasteiger partial charge in [-0.2, -0.15) is 0 Å². The zero-order valence-electron chi connectivity index (χ0n) is 16.5. The molecule has 2 rings (SSSR count). The number of rotatable bonds is 7. The van der Waals surface area contributed by atoms with Crippen LogP contribution in [0.15, 0.2) is 66.7 Å². The highest BCUT2D eigenvalue weighted by atomic mass is 16.6. The normalized spacial score (nSPS) is 13.7. The molecule has 5 heteroatoms. The van der Waals surface area contributed by atoms with E-state index >= 15 is 0 Å². The number of hydrogen-bond donors (Lipinski definition) is 2. The third kappa shape index (κ3) is 6.58. The first-order valence-corrected chi connectivity index (χ1v) is 9.20. The Kier molecular flexibility index (Phi) is 6.99. The van der Waals surface area contributed by atoms with E-state index in [0.717, 1.165) is 11.1 Å². The quantitative estimate of drug-likeness (QED) is 0.730. The summed E-state index contributed by atoms with van der Waals surface area (Å²) < 4.78 is 5.31. The summed E-state index contributed by atoms with van der Waals surface area (Å²) in [5, 5.41) is 12.6. The van der Waals surface area contributed by atoms with E-state index in [2.05, 4.69) is 5.32 Å². The molecule has 0 heterocycles. The van der Waals surface area contributed by atoms with Crippen molar-refractivity contribution in [2.24, 2.45) is 0 Å². The van der Waals surface area contributed by atoms with E-state index in [-0.39, 0.29) is 12.8 Å². The van der Waals surface area contributed by atoms with E-state index in [4.69, 9.17) is 4.74 Å². The number of alkyl carbamates (subject to hydrolysis) is 1. The molecule has 0 bridgehead atoms. The average molecular weight is 381 g/mol. The van der Waals surface area contributed by atoms with Crippen LogP contribution in [0.5, 0.6) is 0 Å². The number of ether oxygens (including phenoxy) is 1. The van der Waals surface area contributed by atoms with Crippen molar-refractivity contribution in [2.75, 3.05) is 0 Å². The summed E-state index contributed by atoms with van der Waals surface area (Å²) in [6.07, 6.45) is 3.12. The summed E-state index contributed by atoms with van der Waals surface area (Å²) in [6, 6.07) is 18.8. The molecule has 2 N–H and O–H groups in total. The SMILES string of the molecule is CC(C)(C)OC(=O)NC(C/C=C/c1ccccc1)(Cc1ccccc1)C(=O)O. The summed E-state index contributed by atoms with van der Waals surface area (Å²) in [7, 11) is 0. The van der Waals surface area contributed by atoms with Crippen molar-refractivity contribution in [3.63, 3.8) is 0 Å². The number of carbonyl (C=O) groups is 2. The minimum atomic E-state index is -1.52. The molecule has 0 saturated carbocycles. The number of benzene rings is 2. The molecule has 0 aliphatic rings. The second kappa shape index (κ2) is 9.22. The third-order valence-corrected chi connectivity index (χ3v) is 4.07. The Morgan fingerprint density at radius 2 is 1.57 bits per heavy atom. The van der Waals surface area contributed by atoms with Crippen LogP contribution in [0.4, 0.5) is 4.79 Å². The smallest absolute Gasteiger partial charge is 0.408 e. The van der Waals surface area contributed by atoms with Crippen LogP contribution >= 0.6 is 0 Å². The van der Waals surface area contributed by atoms with Crippen molar-refractivity contribution >= 4 is 18.1 Å². The molecule has 1 atom stereocenters. The van der Waals surface area contributed by atoms with Gasteiger partial charge in [-0.1, -0.05) is 72.8 Å². The molecule has 5 nitrogen and oxygen atoms in total. The van der Waals surface area contributed by atoms with Gasteiger partial charge in [0.05, 0.1) is 0 Å². The van der Waals surface area contributed by atoms with Gasteiger partial charge in [0.2, 0.25) is 0 Å². The topological polar surface area (TPSA) is 75.6 Å². The van der Waals surface area contributed by atoms with Gasteiger partial charge in [-0.25, -0.2) is 9.59 Å². The monoisotopic (exact) mass is 381 g/mol. The summed E-state index contributed by atoms with van der Waals surface area (Å²) in [6.45, 7) is 5.21. The Morgan fingerprint density at radius 3 is 2.11 bits per heavy atom. The molecule has 0 aromatic heterocycles. The molecule has 0 fully saturated rings. The molecule has 0 aliphatic heterocycles. The van der Waals surface area contributed by atoms with E-state index < -0.39 is 23.2 Å². The van der Waals surface area contributed by atoms with Crippen LogP contribution in [0.2, 0.25) is 0 Å². The second-order valence-electron chi connectivity index (χ2n) is 7.69. The highest BCUT2D eigenvalue weighted by Gasteiger charge is 2.40. The minimum absolute atomic E-state index is 0.116. The fourth-order valence-corrected chi connectivity index (χ4v) is 2.79. The number of amides is 1. The highest BCUT2D eigenvalue weighted by Crippen LogP contribution is 2.21. The first-order chi connectivity index (χ1) is 13.2. The fraction of sp³-hybridized carbons (Fsp3) is 0.304. The van der Waals surface area contributed by atoms with E-state index in [0.29, 0.717) is 0 Å². The minimum Gasteiger partial charge on any atom is -0.479 e. The summed E-state index contributed by atoms with van der Waals surface area (Å²) in [4.78, 5) is 24.6. The lowest BCUT2D eigenvalue weighted by atomic mass is 9.87. The lowest BCUT2D eigenvalue weighted by Crippen LogP contribution is -2.56. The van der Waals surface area contributed by atoms with Crippen molar-refractivity contribution < 1.29 is 19.4 Å². The van der Waals surface area contributed by atoms with E-state index in [1.54, 1.807) is 26.8 Å². The van der Waals surface area contributed by atoms with E-state index in [9.17, 15) is 14.7 Å². The lowest BCUT2D eigenvalue weighted by Gasteiger charge is -2.31. The van der Waals surface area contributed by atoms with Crippen LogP contribution < -0.4 is 5.32 Å². The Balaban J connectivity index is 2.29. The summed E-state index contributed by atoms with van der Waals surface area (Å²) >= 11 is 0. The van der Waals surface area contributed by atoms with Crippen LogP contribution in [0.25, 0.3) is 6.08 Å². The van der Waals surface area contributed by atoms with Gasteiger partial charge in [-0.3, -0.25) is 0 Å². The molecule has 0 aliphatic carbocycles. The lowest BCUT2D eigenvalue weighted by molar-refractivity contribution is -0.144. The second-order valence-corrected chi connectivity index (χ2v) is 7.69. The van der Waals surface area contributed by atoms with Gasteiger partial charge in [0.25, 0.3) is 0 Å². The van der Waals surface area contributed by atoms with Crippen molar-refractivity contribution in [1.82, 2.24) is 5.32 Å². The standard InChI is InChI=1S/C23H27NO4/c1-22(2,3)28-21(27)24-23(20(25)26,17-19-13-8-5-9-14-19)16-10-15-18-11-6-4-7-12-18/h4-15H,16-17H2,1-3H3,(H,24,27)(H,25,26)/b15-10+. The van der Waals surface area contributed by atoms with Gasteiger partial charge in [-0.05, 0) is 38.3 Å². The largest absolute Gasteiger partial charge is 0.479 e.